The molecule has 23 heavy (non-hydrogen) atoms. The molecule has 1 aliphatic rings. The lowest BCUT2D eigenvalue weighted by Gasteiger charge is -2.17. The van der Waals surface area contributed by atoms with Crippen molar-refractivity contribution in [2.75, 3.05) is 13.1 Å². The van der Waals surface area contributed by atoms with Crippen molar-refractivity contribution >= 4 is 21.6 Å². The smallest absolute Gasteiger partial charge is 0.243 e. The van der Waals surface area contributed by atoms with Crippen LogP contribution in [0.1, 0.15) is 6.42 Å². The zero-order valence-corrected chi connectivity index (χ0v) is 13.6. The van der Waals surface area contributed by atoms with Crippen LogP contribution in [0.3, 0.4) is 0 Å². The molecule has 3 rings (SSSR count). The summed E-state index contributed by atoms with van der Waals surface area (Å²) in [5.74, 6) is -0.190. The third kappa shape index (κ3) is 3.46. The lowest BCUT2D eigenvalue weighted by Crippen LogP contribution is -2.31. The number of sulfonamides is 1. The van der Waals surface area contributed by atoms with Gasteiger partial charge in [-0.05, 0) is 30.7 Å². The van der Waals surface area contributed by atoms with E-state index in [2.05, 4.69) is 4.98 Å². The number of ether oxygens (including phenoxy) is 1. The van der Waals surface area contributed by atoms with E-state index in [1.165, 1.54) is 10.4 Å². The predicted octanol–water partition coefficient (Wildman–Crippen LogP) is 2.72. The molecule has 2 heterocycles. The van der Waals surface area contributed by atoms with Gasteiger partial charge in [-0.15, -0.1) is 0 Å². The van der Waals surface area contributed by atoms with E-state index < -0.39 is 15.8 Å². The molecule has 1 aromatic carbocycles. The van der Waals surface area contributed by atoms with Crippen molar-refractivity contribution in [1.82, 2.24) is 9.29 Å². The lowest BCUT2D eigenvalue weighted by molar-refractivity contribution is 0.207. The van der Waals surface area contributed by atoms with E-state index in [0.717, 1.165) is 12.1 Å². The number of pyridine rings is 1. The van der Waals surface area contributed by atoms with Crippen molar-refractivity contribution in [3.05, 3.63) is 53.4 Å². The number of aromatic nitrogens is 1. The minimum atomic E-state index is -3.72. The first kappa shape index (κ1) is 16.2. The highest BCUT2D eigenvalue weighted by Crippen LogP contribution is 2.26. The van der Waals surface area contributed by atoms with Gasteiger partial charge in [-0.1, -0.05) is 17.7 Å². The summed E-state index contributed by atoms with van der Waals surface area (Å²) in [6, 6.07) is 8.68. The molecule has 1 aromatic heterocycles. The maximum absolute atomic E-state index is 13.2. The summed E-state index contributed by atoms with van der Waals surface area (Å²) < 4.78 is 45.3. The molecule has 1 unspecified atom stereocenters. The van der Waals surface area contributed by atoms with Crippen molar-refractivity contribution < 1.29 is 17.5 Å². The summed E-state index contributed by atoms with van der Waals surface area (Å²) in [7, 11) is -3.72. The Morgan fingerprint density at radius 3 is 2.83 bits per heavy atom. The van der Waals surface area contributed by atoms with Gasteiger partial charge in [0.2, 0.25) is 15.9 Å². The van der Waals surface area contributed by atoms with Crippen LogP contribution in [0.5, 0.6) is 5.88 Å². The fraction of sp³-hybridized carbons (Fsp3) is 0.267. The van der Waals surface area contributed by atoms with Gasteiger partial charge >= 0.3 is 0 Å². The van der Waals surface area contributed by atoms with Crippen LogP contribution < -0.4 is 4.74 Å². The molecule has 1 atom stereocenters. The van der Waals surface area contributed by atoms with Crippen LogP contribution in [0, 0.1) is 5.82 Å². The van der Waals surface area contributed by atoms with Crippen LogP contribution in [-0.4, -0.2) is 36.9 Å². The molecule has 8 heteroatoms. The van der Waals surface area contributed by atoms with E-state index in [1.54, 1.807) is 24.4 Å². The molecule has 122 valence electrons. The van der Waals surface area contributed by atoms with E-state index in [9.17, 15) is 12.8 Å². The predicted molar refractivity (Wildman–Crippen MR) is 83.4 cm³/mol. The highest BCUT2D eigenvalue weighted by molar-refractivity contribution is 7.89. The van der Waals surface area contributed by atoms with Crippen LogP contribution in [-0.2, 0) is 10.0 Å². The molecule has 0 aliphatic carbocycles. The largest absolute Gasteiger partial charge is 0.473 e. The second kappa shape index (κ2) is 6.43. The maximum atomic E-state index is 13.2. The first-order valence-electron chi connectivity index (χ1n) is 7.00. The SMILES string of the molecule is O=S(=O)(c1ccc(F)c(Cl)c1)N1CCC(Oc2ccccn2)C1. The third-order valence-corrected chi connectivity index (χ3v) is 5.71. The first-order valence-corrected chi connectivity index (χ1v) is 8.81. The molecule has 0 N–H and O–H groups in total. The van der Waals surface area contributed by atoms with Gasteiger partial charge in [0.1, 0.15) is 11.9 Å². The summed E-state index contributed by atoms with van der Waals surface area (Å²) in [6.45, 7) is 0.544. The average Bonchev–Trinajstić information content (AvgIpc) is 3.00. The van der Waals surface area contributed by atoms with Gasteiger partial charge in [-0.2, -0.15) is 4.31 Å². The van der Waals surface area contributed by atoms with Crippen molar-refractivity contribution in [3.63, 3.8) is 0 Å². The zero-order valence-electron chi connectivity index (χ0n) is 12.0. The van der Waals surface area contributed by atoms with E-state index in [4.69, 9.17) is 16.3 Å². The molecule has 5 nitrogen and oxygen atoms in total. The minimum absolute atomic E-state index is 0.0256. The molecule has 1 fully saturated rings. The Morgan fingerprint density at radius 1 is 1.30 bits per heavy atom. The molecule has 0 amide bonds. The van der Waals surface area contributed by atoms with Gasteiger partial charge in [0.15, 0.2) is 0 Å². The molecule has 0 radical (unpaired) electrons. The second-order valence-electron chi connectivity index (χ2n) is 5.14. The monoisotopic (exact) mass is 356 g/mol. The molecule has 0 saturated carbocycles. The topological polar surface area (TPSA) is 59.5 Å². The number of hydrogen-bond donors (Lipinski definition) is 0. The summed E-state index contributed by atoms with van der Waals surface area (Å²) in [4.78, 5) is 4.03. The van der Waals surface area contributed by atoms with Crippen molar-refractivity contribution in [2.45, 2.75) is 17.4 Å². The lowest BCUT2D eigenvalue weighted by atomic mass is 10.3. The molecule has 1 aliphatic heterocycles. The highest BCUT2D eigenvalue weighted by Gasteiger charge is 2.34. The number of nitrogens with zero attached hydrogens (tertiary/aromatic N) is 2. The van der Waals surface area contributed by atoms with Gasteiger partial charge in [0.05, 0.1) is 16.5 Å². The molecule has 0 spiro atoms. The standard InChI is InChI=1S/C15H14ClFN2O3S/c16-13-9-12(4-5-14(13)17)23(20,21)19-8-6-11(10-19)22-15-3-1-2-7-18-15/h1-5,7,9,11H,6,8,10H2. The molecule has 1 saturated heterocycles. The van der Waals surface area contributed by atoms with E-state index in [-0.39, 0.29) is 22.6 Å². The Bertz CT molecular complexity index is 802. The quantitative estimate of drug-likeness (QED) is 0.845. The van der Waals surface area contributed by atoms with Crippen LogP contribution in [0.2, 0.25) is 5.02 Å². The number of rotatable bonds is 4. The Morgan fingerprint density at radius 2 is 2.13 bits per heavy atom. The normalized spacial score (nSPS) is 19.0. The number of benzene rings is 1. The van der Waals surface area contributed by atoms with Crippen LogP contribution in [0.4, 0.5) is 4.39 Å². The molecule has 0 bridgehead atoms. The van der Waals surface area contributed by atoms with Gasteiger partial charge < -0.3 is 4.74 Å². The number of hydrogen-bond acceptors (Lipinski definition) is 4. The van der Waals surface area contributed by atoms with Crippen LogP contribution in [0.25, 0.3) is 0 Å². The Hall–Kier alpha value is -1.70. The fourth-order valence-electron chi connectivity index (χ4n) is 2.39. The number of halogens is 2. The second-order valence-corrected chi connectivity index (χ2v) is 7.48. The van der Waals surface area contributed by atoms with Crippen molar-refractivity contribution in [2.24, 2.45) is 0 Å². The van der Waals surface area contributed by atoms with Crippen LogP contribution in [0.15, 0.2) is 47.5 Å². The van der Waals surface area contributed by atoms with E-state index >= 15 is 0 Å². The fourth-order valence-corrected chi connectivity index (χ4v) is 4.14. The van der Waals surface area contributed by atoms with Crippen molar-refractivity contribution in [3.8, 4) is 5.88 Å². The maximum Gasteiger partial charge on any atom is 0.243 e. The highest BCUT2D eigenvalue weighted by atomic mass is 35.5. The molecule has 2 aromatic rings. The van der Waals surface area contributed by atoms with Crippen LogP contribution >= 0.6 is 11.6 Å². The van der Waals surface area contributed by atoms with E-state index in [0.29, 0.717) is 18.8 Å². The van der Waals surface area contributed by atoms with E-state index in [1.807, 2.05) is 0 Å². The summed E-state index contributed by atoms with van der Waals surface area (Å²) in [6.07, 6.45) is 1.90. The van der Waals surface area contributed by atoms with Crippen molar-refractivity contribution in [1.29, 1.82) is 0 Å². The first-order chi connectivity index (χ1) is 11.0. The summed E-state index contributed by atoms with van der Waals surface area (Å²) >= 11 is 5.67. The van der Waals surface area contributed by atoms with Gasteiger partial charge in [-0.3, -0.25) is 0 Å². The van der Waals surface area contributed by atoms with Gasteiger partial charge in [0, 0.05) is 18.8 Å². The molecular weight excluding hydrogens is 343 g/mol. The van der Waals surface area contributed by atoms with Gasteiger partial charge in [0.25, 0.3) is 0 Å². The summed E-state index contributed by atoms with van der Waals surface area (Å²) in [5, 5.41) is -0.216. The summed E-state index contributed by atoms with van der Waals surface area (Å²) in [5.41, 5.74) is 0. The average molecular weight is 357 g/mol. The third-order valence-electron chi connectivity index (χ3n) is 3.56. The Balaban J connectivity index is 1.73. The minimum Gasteiger partial charge on any atom is -0.473 e. The van der Waals surface area contributed by atoms with Gasteiger partial charge in [-0.25, -0.2) is 17.8 Å². The Kier molecular flexibility index (Phi) is 4.52. The Labute approximate surface area is 138 Å². The zero-order chi connectivity index (χ0) is 16.4. The molecular formula is C15H14ClFN2O3S.